The van der Waals surface area contributed by atoms with Gasteiger partial charge in [0.15, 0.2) is 5.60 Å². The lowest BCUT2D eigenvalue weighted by Gasteiger charge is -2.31. The van der Waals surface area contributed by atoms with E-state index in [0.717, 1.165) is 24.1 Å². The zero-order chi connectivity index (χ0) is 19.5. The van der Waals surface area contributed by atoms with Crippen LogP contribution in [0, 0.1) is 5.41 Å². The third-order valence-electron chi connectivity index (χ3n) is 5.17. The van der Waals surface area contributed by atoms with E-state index in [0.29, 0.717) is 18.4 Å². The van der Waals surface area contributed by atoms with Crippen LogP contribution in [0.2, 0.25) is 0 Å². The second-order valence-corrected chi connectivity index (χ2v) is 8.32. The van der Waals surface area contributed by atoms with Gasteiger partial charge in [0.1, 0.15) is 5.76 Å². The normalized spacial score (nSPS) is 18.0. The monoisotopic (exact) mass is 359 g/mol. The summed E-state index contributed by atoms with van der Waals surface area (Å²) in [5, 5.41) is 14.3. The van der Waals surface area contributed by atoms with Crippen molar-refractivity contribution in [2.75, 3.05) is 12.4 Å². The van der Waals surface area contributed by atoms with Crippen LogP contribution in [0.3, 0.4) is 0 Å². The van der Waals surface area contributed by atoms with Crippen molar-refractivity contribution in [2.24, 2.45) is 5.41 Å². The highest BCUT2D eigenvalue weighted by molar-refractivity contribution is 5.94. The highest BCUT2D eigenvalue weighted by Gasteiger charge is 2.51. The van der Waals surface area contributed by atoms with Crippen LogP contribution >= 0.6 is 0 Å². The smallest absolute Gasteiger partial charge is 0.339 e. The van der Waals surface area contributed by atoms with E-state index in [-0.39, 0.29) is 23.1 Å². The van der Waals surface area contributed by atoms with Gasteiger partial charge >= 0.3 is 5.97 Å². The minimum atomic E-state index is -0.861. The van der Waals surface area contributed by atoms with Crippen LogP contribution < -0.4 is 5.32 Å². The van der Waals surface area contributed by atoms with Crippen LogP contribution in [-0.4, -0.2) is 23.7 Å². The number of carbonyl (C=O) groups is 1. The van der Waals surface area contributed by atoms with Gasteiger partial charge in [-0.25, -0.2) is 4.79 Å². The van der Waals surface area contributed by atoms with E-state index < -0.39 is 5.60 Å². The Kier molecular flexibility index (Phi) is 6.05. The molecule has 2 N–H and O–H groups in total. The second kappa shape index (κ2) is 7.73. The number of carbonyl (C=O) groups excluding carboxylic acids is 1. The second-order valence-electron chi connectivity index (χ2n) is 8.32. The Morgan fingerprint density at radius 2 is 1.81 bits per heavy atom. The van der Waals surface area contributed by atoms with Crippen LogP contribution in [0.4, 0.5) is 5.69 Å². The number of benzene rings is 1. The first-order chi connectivity index (χ1) is 12.2. The van der Waals surface area contributed by atoms with Gasteiger partial charge in [-0.3, -0.25) is 0 Å². The first kappa shape index (κ1) is 20.3. The fraction of sp³-hybridized carbons (Fsp3) is 0.591. The zero-order valence-electron chi connectivity index (χ0n) is 17.0. The summed E-state index contributed by atoms with van der Waals surface area (Å²) in [5.74, 6) is -0.473. The Morgan fingerprint density at radius 3 is 2.31 bits per heavy atom. The lowest BCUT2D eigenvalue weighted by atomic mass is 9.71. The summed E-state index contributed by atoms with van der Waals surface area (Å²) >= 11 is 0. The topological polar surface area (TPSA) is 58.6 Å². The number of ether oxygens (including phenoxy) is 1. The van der Waals surface area contributed by atoms with Crippen molar-refractivity contribution in [3.8, 4) is 0 Å². The first-order valence-corrected chi connectivity index (χ1v) is 9.64. The van der Waals surface area contributed by atoms with E-state index >= 15 is 0 Å². The van der Waals surface area contributed by atoms with Crippen molar-refractivity contribution in [2.45, 2.75) is 71.8 Å². The summed E-state index contributed by atoms with van der Waals surface area (Å²) in [6, 6.07) is 8.03. The number of rotatable bonds is 7. The molecule has 0 aliphatic carbocycles. The Labute approximate surface area is 157 Å². The standard InChI is InChI=1S/C22H33NO3/c1-7-12-22(13-8-2)19(24)17(20(25)26-22)18(21(3,4)5)15-10-9-11-16(14-15)23-6/h9-11,14,18,23-24H,7-8,12-13H2,1-6H3. The van der Waals surface area contributed by atoms with Crippen LogP contribution in [0.15, 0.2) is 35.6 Å². The van der Waals surface area contributed by atoms with Crippen molar-refractivity contribution >= 4 is 11.7 Å². The van der Waals surface area contributed by atoms with Gasteiger partial charge in [-0.05, 0) is 36.0 Å². The van der Waals surface area contributed by atoms with Gasteiger partial charge in [0.05, 0.1) is 5.57 Å². The number of anilines is 1. The summed E-state index contributed by atoms with van der Waals surface area (Å²) < 4.78 is 5.83. The van der Waals surface area contributed by atoms with Crippen LogP contribution in [0.25, 0.3) is 0 Å². The van der Waals surface area contributed by atoms with E-state index in [2.05, 4.69) is 26.1 Å². The molecule has 1 aromatic rings. The van der Waals surface area contributed by atoms with Crippen LogP contribution in [-0.2, 0) is 9.53 Å². The van der Waals surface area contributed by atoms with E-state index in [1.807, 2.05) is 45.2 Å². The first-order valence-electron chi connectivity index (χ1n) is 9.64. The average molecular weight is 360 g/mol. The van der Waals surface area contributed by atoms with E-state index in [1.165, 1.54) is 0 Å². The number of esters is 1. The zero-order valence-corrected chi connectivity index (χ0v) is 17.0. The van der Waals surface area contributed by atoms with Crippen LogP contribution in [0.5, 0.6) is 0 Å². The SMILES string of the molecule is CCCC1(CCC)OC(=O)C(C(c2cccc(NC)c2)C(C)(C)C)=C1O. The molecule has 0 spiro atoms. The predicted octanol–water partition coefficient (Wildman–Crippen LogP) is 5.57. The molecule has 144 valence electrons. The number of aliphatic hydroxyl groups excluding tert-OH is 1. The highest BCUT2D eigenvalue weighted by atomic mass is 16.6. The maximum atomic E-state index is 12.9. The van der Waals surface area contributed by atoms with Crippen molar-refractivity contribution in [1.29, 1.82) is 0 Å². The molecule has 0 saturated carbocycles. The maximum Gasteiger partial charge on any atom is 0.339 e. The number of hydrogen-bond acceptors (Lipinski definition) is 4. The molecule has 0 radical (unpaired) electrons. The van der Waals surface area contributed by atoms with Gasteiger partial charge in [-0.15, -0.1) is 0 Å². The van der Waals surface area contributed by atoms with E-state index in [1.54, 1.807) is 0 Å². The molecule has 0 amide bonds. The van der Waals surface area contributed by atoms with Gasteiger partial charge in [-0.1, -0.05) is 59.6 Å². The maximum absolute atomic E-state index is 12.9. The quantitative estimate of drug-likeness (QED) is 0.625. The molecule has 0 fully saturated rings. The molecule has 1 aliphatic heterocycles. The fourth-order valence-corrected chi connectivity index (χ4v) is 4.12. The molecule has 0 aromatic heterocycles. The van der Waals surface area contributed by atoms with E-state index in [9.17, 15) is 9.90 Å². The number of hydrogen-bond donors (Lipinski definition) is 2. The summed E-state index contributed by atoms with van der Waals surface area (Å²) in [6.45, 7) is 10.4. The lowest BCUT2D eigenvalue weighted by Crippen LogP contribution is -2.31. The lowest BCUT2D eigenvalue weighted by molar-refractivity contribution is -0.150. The van der Waals surface area contributed by atoms with Gasteiger partial charge < -0.3 is 15.2 Å². The molecule has 26 heavy (non-hydrogen) atoms. The molecule has 2 rings (SSSR count). The van der Waals surface area contributed by atoms with Gasteiger partial charge in [0.25, 0.3) is 0 Å². The van der Waals surface area contributed by atoms with Gasteiger partial charge in [0, 0.05) is 18.7 Å². The Morgan fingerprint density at radius 1 is 1.19 bits per heavy atom. The third-order valence-corrected chi connectivity index (χ3v) is 5.17. The summed E-state index contributed by atoms with van der Waals surface area (Å²) in [5.41, 5.74) is 1.30. The van der Waals surface area contributed by atoms with Crippen molar-refractivity contribution in [3.63, 3.8) is 0 Å². The molecule has 1 atom stereocenters. The number of nitrogens with one attached hydrogen (secondary N) is 1. The minimum Gasteiger partial charge on any atom is -0.507 e. The summed E-state index contributed by atoms with van der Waals surface area (Å²) in [4.78, 5) is 12.9. The molecule has 0 saturated heterocycles. The minimum absolute atomic E-state index is 0.140. The number of aliphatic hydroxyl groups is 1. The van der Waals surface area contributed by atoms with Crippen molar-refractivity contribution < 1.29 is 14.6 Å². The van der Waals surface area contributed by atoms with Crippen molar-refractivity contribution in [3.05, 3.63) is 41.2 Å². The Hall–Kier alpha value is -1.97. The van der Waals surface area contributed by atoms with E-state index in [4.69, 9.17) is 4.74 Å². The predicted molar refractivity (Wildman–Crippen MR) is 106 cm³/mol. The molecule has 1 aliphatic rings. The van der Waals surface area contributed by atoms with Crippen molar-refractivity contribution in [1.82, 2.24) is 0 Å². The third kappa shape index (κ3) is 3.74. The molecule has 4 heteroatoms. The largest absolute Gasteiger partial charge is 0.507 e. The summed E-state index contributed by atoms with van der Waals surface area (Å²) in [6.07, 6.45) is 2.99. The molecule has 1 unspecified atom stereocenters. The van der Waals surface area contributed by atoms with Crippen LogP contribution in [0.1, 0.15) is 71.8 Å². The molecule has 0 bridgehead atoms. The molecule has 4 nitrogen and oxygen atoms in total. The Bertz CT molecular complexity index is 679. The molecule has 1 aromatic carbocycles. The molecule has 1 heterocycles. The summed E-state index contributed by atoms with van der Waals surface area (Å²) in [7, 11) is 1.87. The average Bonchev–Trinajstić information content (AvgIpc) is 2.79. The van der Waals surface area contributed by atoms with Gasteiger partial charge in [0.2, 0.25) is 0 Å². The highest BCUT2D eigenvalue weighted by Crippen LogP contribution is 2.49. The molecular weight excluding hydrogens is 326 g/mol. The Balaban J connectivity index is 2.63. The van der Waals surface area contributed by atoms with Gasteiger partial charge in [-0.2, -0.15) is 0 Å². The molecular formula is C22H33NO3. The number of cyclic esters (lactones) is 1. The fourth-order valence-electron chi connectivity index (χ4n) is 4.12.